The van der Waals surface area contributed by atoms with Crippen LogP contribution in [0.1, 0.15) is 0 Å². The van der Waals surface area contributed by atoms with Crippen molar-refractivity contribution < 1.29 is 9.85 Å². The number of rotatable bonds is 7. The largest absolute Gasteiger partial charge is 0.374 e. The van der Waals surface area contributed by atoms with Gasteiger partial charge in [0.1, 0.15) is 0 Å². The van der Waals surface area contributed by atoms with E-state index in [1.54, 1.807) is 0 Å². The molecule has 0 unspecified atom stereocenters. The van der Waals surface area contributed by atoms with Gasteiger partial charge in [0.2, 0.25) is 0 Å². The molecule has 0 saturated heterocycles. The van der Waals surface area contributed by atoms with E-state index >= 15 is 0 Å². The molecule has 0 fully saturated rings. The van der Waals surface area contributed by atoms with E-state index in [9.17, 15) is 20.2 Å². The van der Waals surface area contributed by atoms with Crippen LogP contribution in [0.4, 0.5) is 22.7 Å². The maximum absolute atomic E-state index is 10.8. The number of nitro groups is 2. The van der Waals surface area contributed by atoms with Crippen LogP contribution >= 0.6 is 24.4 Å². The molecular weight excluding hydrogens is 432 g/mol. The van der Waals surface area contributed by atoms with Crippen LogP contribution in [0, 0.1) is 20.2 Å². The van der Waals surface area contributed by atoms with Gasteiger partial charge in [0.05, 0.1) is 33.7 Å². The number of hydrazone groups is 2. The normalized spacial score (nSPS) is 10.8. The number of nitrogens with two attached hydrogens (primary N) is 2. The number of benzene rings is 2. The average molecular weight is 446 g/mol. The first-order valence-corrected chi connectivity index (χ1v) is 8.77. The van der Waals surface area contributed by atoms with Crippen LogP contribution in [0.15, 0.2) is 58.7 Å². The molecular formula is C16H14N8O4S2. The van der Waals surface area contributed by atoms with Gasteiger partial charge in [-0.2, -0.15) is 10.2 Å². The fourth-order valence-corrected chi connectivity index (χ4v) is 2.43. The molecule has 0 heterocycles. The third-order valence-corrected chi connectivity index (χ3v) is 3.80. The van der Waals surface area contributed by atoms with Crippen molar-refractivity contribution in [2.24, 2.45) is 21.7 Å². The van der Waals surface area contributed by atoms with Crippen LogP contribution in [0.25, 0.3) is 0 Å². The molecule has 0 aliphatic heterocycles. The van der Waals surface area contributed by atoms with E-state index in [0.717, 1.165) is 0 Å². The molecule has 154 valence electrons. The highest BCUT2D eigenvalue weighted by Crippen LogP contribution is 2.20. The first-order valence-electron chi connectivity index (χ1n) is 7.95. The van der Waals surface area contributed by atoms with Gasteiger partial charge in [-0.3, -0.25) is 20.2 Å². The molecule has 0 amide bonds. The Labute approximate surface area is 180 Å². The maximum Gasteiger partial charge on any atom is 0.269 e. The minimum absolute atomic E-state index is 0.0950. The third kappa shape index (κ3) is 5.73. The van der Waals surface area contributed by atoms with Crippen LogP contribution in [0.3, 0.4) is 0 Å². The van der Waals surface area contributed by atoms with E-state index in [2.05, 4.69) is 10.2 Å². The zero-order chi connectivity index (χ0) is 22.3. The fraction of sp³-hybridized carbons (Fsp3) is 0. The van der Waals surface area contributed by atoms with Crippen LogP contribution in [0.2, 0.25) is 0 Å². The second-order valence-electron chi connectivity index (χ2n) is 5.38. The molecule has 0 spiro atoms. The lowest BCUT2D eigenvalue weighted by Gasteiger charge is -2.17. The summed E-state index contributed by atoms with van der Waals surface area (Å²) in [7, 11) is 0. The monoisotopic (exact) mass is 446 g/mol. The predicted molar refractivity (Wildman–Crippen MR) is 122 cm³/mol. The average Bonchev–Trinajstić information content (AvgIpc) is 2.70. The van der Waals surface area contributed by atoms with E-state index in [4.69, 9.17) is 35.9 Å². The summed E-state index contributed by atoms with van der Waals surface area (Å²) in [6.07, 6.45) is 2.49. The lowest BCUT2D eigenvalue weighted by atomic mass is 10.3. The molecule has 0 bridgehead atoms. The van der Waals surface area contributed by atoms with Crippen LogP contribution in [0.5, 0.6) is 0 Å². The number of anilines is 2. The van der Waals surface area contributed by atoms with Crippen LogP contribution < -0.4 is 21.5 Å². The zero-order valence-corrected chi connectivity index (χ0v) is 16.7. The second-order valence-corrected chi connectivity index (χ2v) is 6.21. The molecule has 0 atom stereocenters. The van der Waals surface area contributed by atoms with Gasteiger partial charge in [-0.15, -0.1) is 0 Å². The lowest BCUT2D eigenvalue weighted by molar-refractivity contribution is -0.385. The summed E-state index contributed by atoms with van der Waals surface area (Å²) in [5.74, 6) is 0. The highest BCUT2D eigenvalue weighted by molar-refractivity contribution is 7.80. The molecule has 0 aromatic heterocycles. The van der Waals surface area contributed by atoms with Gasteiger partial charge in [0, 0.05) is 24.3 Å². The molecule has 14 heteroatoms. The number of nitrogens with zero attached hydrogens (tertiary/aromatic N) is 6. The summed E-state index contributed by atoms with van der Waals surface area (Å²) in [5.41, 5.74) is 11.9. The Morgan fingerprint density at radius 3 is 1.30 bits per heavy atom. The Hall–Kier alpha value is -4.04. The quantitative estimate of drug-likeness (QED) is 0.278. The first kappa shape index (κ1) is 22.3. The number of thiocarbonyl (C=S) groups is 2. The van der Waals surface area contributed by atoms with Crippen molar-refractivity contribution in [2.75, 3.05) is 10.0 Å². The predicted octanol–water partition coefficient (Wildman–Crippen LogP) is 2.27. The summed E-state index contributed by atoms with van der Waals surface area (Å²) in [6, 6.07) is 10.9. The second kappa shape index (κ2) is 9.94. The number of hydrogen-bond donors (Lipinski definition) is 2. The van der Waals surface area contributed by atoms with Crippen LogP contribution in [-0.4, -0.2) is 32.5 Å². The van der Waals surface area contributed by atoms with Crippen molar-refractivity contribution in [3.05, 3.63) is 68.8 Å². The highest BCUT2D eigenvalue weighted by Gasteiger charge is 2.12. The lowest BCUT2D eigenvalue weighted by Crippen LogP contribution is -2.32. The first-order chi connectivity index (χ1) is 14.2. The van der Waals surface area contributed by atoms with Gasteiger partial charge in [-0.05, 0) is 48.7 Å². The minimum Gasteiger partial charge on any atom is -0.374 e. The summed E-state index contributed by atoms with van der Waals surface area (Å²) in [5, 5.41) is 31.7. The van der Waals surface area contributed by atoms with Gasteiger partial charge in [0.15, 0.2) is 10.2 Å². The number of hydrogen-bond acceptors (Lipinski definition) is 8. The molecule has 2 aromatic carbocycles. The van der Waals surface area contributed by atoms with Gasteiger partial charge >= 0.3 is 0 Å². The fourth-order valence-electron chi connectivity index (χ4n) is 2.13. The van der Waals surface area contributed by atoms with Crippen molar-refractivity contribution in [2.45, 2.75) is 0 Å². The summed E-state index contributed by atoms with van der Waals surface area (Å²) >= 11 is 9.88. The Kier molecular flexibility index (Phi) is 7.38. The maximum atomic E-state index is 10.8. The minimum atomic E-state index is -0.534. The summed E-state index contributed by atoms with van der Waals surface area (Å²) in [6.45, 7) is 0. The van der Waals surface area contributed by atoms with E-state index in [1.807, 2.05) is 0 Å². The Balaban J connectivity index is 2.18. The summed E-state index contributed by atoms with van der Waals surface area (Å²) < 4.78 is 0. The highest BCUT2D eigenvalue weighted by atomic mass is 32.1. The summed E-state index contributed by atoms with van der Waals surface area (Å²) in [4.78, 5) is 20.4. The van der Waals surface area contributed by atoms with Crippen molar-refractivity contribution in [1.29, 1.82) is 0 Å². The van der Waals surface area contributed by atoms with Crippen LogP contribution in [-0.2, 0) is 0 Å². The molecule has 0 aliphatic carbocycles. The standard InChI is InChI=1S/C16H14N8O4S2/c17-15(29)21(11-1-5-13(6-2-11)23(25)26)19-9-10-20-22(16(18)30)12-3-7-14(8-4-12)24(27)28/h1-10H,(H2,17,29)(H2,18,30). The van der Waals surface area contributed by atoms with Gasteiger partial charge in [-0.1, -0.05) is 0 Å². The molecule has 2 aromatic rings. The van der Waals surface area contributed by atoms with Crippen molar-refractivity contribution in [3.8, 4) is 0 Å². The Morgan fingerprint density at radius 2 is 1.07 bits per heavy atom. The van der Waals surface area contributed by atoms with E-state index < -0.39 is 9.85 Å². The van der Waals surface area contributed by atoms with E-state index in [-0.39, 0.29) is 21.6 Å². The van der Waals surface area contributed by atoms with Gasteiger partial charge < -0.3 is 11.5 Å². The SMILES string of the molecule is NC(=S)N(N=CC=NN(C(N)=S)c1ccc([N+](=O)[O-])cc1)c1ccc([N+](=O)[O-])cc1. The van der Waals surface area contributed by atoms with Gasteiger partial charge in [0.25, 0.3) is 11.4 Å². The molecule has 0 saturated carbocycles. The number of nitro benzene ring substituents is 2. The molecule has 2 rings (SSSR count). The van der Waals surface area contributed by atoms with Crippen molar-refractivity contribution in [3.63, 3.8) is 0 Å². The van der Waals surface area contributed by atoms with Crippen molar-refractivity contribution in [1.82, 2.24) is 0 Å². The van der Waals surface area contributed by atoms with E-state index in [0.29, 0.717) is 11.4 Å². The van der Waals surface area contributed by atoms with E-state index in [1.165, 1.54) is 71.0 Å². The molecule has 0 aliphatic rings. The molecule has 0 radical (unpaired) electrons. The zero-order valence-electron chi connectivity index (χ0n) is 15.1. The third-order valence-electron chi connectivity index (χ3n) is 3.46. The Bertz CT molecular complexity index is 941. The smallest absolute Gasteiger partial charge is 0.269 e. The molecule has 12 nitrogen and oxygen atoms in total. The Morgan fingerprint density at radius 1 is 0.767 bits per heavy atom. The van der Waals surface area contributed by atoms with Crippen molar-refractivity contribution >= 4 is 69.8 Å². The number of non-ortho nitro benzene ring substituents is 2. The molecule has 4 N–H and O–H groups in total. The topological polar surface area (TPSA) is 170 Å². The van der Waals surface area contributed by atoms with Gasteiger partial charge in [-0.25, -0.2) is 10.0 Å². The molecule has 30 heavy (non-hydrogen) atoms.